The molecule has 20 heavy (non-hydrogen) atoms. The number of hydrogen-bond donors (Lipinski definition) is 2. The van der Waals surface area contributed by atoms with Gasteiger partial charge in [0.25, 0.3) is 5.91 Å². The van der Waals surface area contributed by atoms with Gasteiger partial charge in [-0.1, -0.05) is 0 Å². The number of carbonyl (C=O) groups is 1. The molecule has 1 amide bonds. The highest BCUT2D eigenvalue weighted by Gasteiger charge is 2.09. The van der Waals surface area contributed by atoms with Crippen molar-refractivity contribution in [1.82, 2.24) is 10.2 Å². The number of benzene rings is 1. The molecule has 5 heteroatoms. The number of amides is 1. The van der Waals surface area contributed by atoms with Crippen molar-refractivity contribution in [3.8, 4) is 5.75 Å². The number of nitrogens with two attached hydrogens (primary N) is 1. The van der Waals surface area contributed by atoms with Gasteiger partial charge in [-0.25, -0.2) is 0 Å². The number of anilines is 1. The summed E-state index contributed by atoms with van der Waals surface area (Å²) in [5, 5.41) is 2.90. The molecule has 0 heterocycles. The van der Waals surface area contributed by atoms with Crippen LogP contribution >= 0.6 is 0 Å². The molecule has 1 aromatic carbocycles. The van der Waals surface area contributed by atoms with Gasteiger partial charge in [0.05, 0.1) is 12.8 Å². The molecule has 0 unspecified atom stereocenters. The van der Waals surface area contributed by atoms with Crippen molar-refractivity contribution in [2.24, 2.45) is 0 Å². The van der Waals surface area contributed by atoms with Crippen LogP contribution in [-0.2, 0) is 0 Å². The van der Waals surface area contributed by atoms with E-state index in [9.17, 15) is 4.79 Å². The molecule has 0 saturated heterocycles. The monoisotopic (exact) mass is 279 g/mol. The van der Waals surface area contributed by atoms with E-state index in [0.29, 0.717) is 29.6 Å². The van der Waals surface area contributed by atoms with E-state index in [1.165, 1.54) is 7.11 Å². The number of nitrogens with zero attached hydrogens (tertiary/aromatic N) is 1. The zero-order valence-corrected chi connectivity index (χ0v) is 12.8. The lowest BCUT2D eigenvalue weighted by Crippen LogP contribution is -2.31. The smallest absolute Gasteiger partial charge is 0.251 e. The predicted octanol–water partition coefficient (Wildman–Crippen LogP) is 1.74. The summed E-state index contributed by atoms with van der Waals surface area (Å²) in [5.41, 5.74) is 6.81. The van der Waals surface area contributed by atoms with Gasteiger partial charge in [0.15, 0.2) is 0 Å². The molecule has 0 bridgehead atoms. The quantitative estimate of drug-likeness (QED) is 0.589. The molecule has 0 aliphatic carbocycles. The van der Waals surface area contributed by atoms with Gasteiger partial charge in [-0.15, -0.1) is 0 Å². The van der Waals surface area contributed by atoms with Crippen LogP contribution in [0.1, 0.15) is 30.6 Å². The van der Waals surface area contributed by atoms with Crippen LogP contribution in [0.15, 0.2) is 18.2 Å². The van der Waals surface area contributed by atoms with Crippen LogP contribution in [-0.4, -0.2) is 44.1 Å². The van der Waals surface area contributed by atoms with E-state index in [1.54, 1.807) is 18.2 Å². The van der Waals surface area contributed by atoms with Gasteiger partial charge in [-0.2, -0.15) is 0 Å². The minimum Gasteiger partial charge on any atom is -0.495 e. The van der Waals surface area contributed by atoms with E-state index in [1.807, 2.05) is 0 Å². The summed E-state index contributed by atoms with van der Waals surface area (Å²) < 4.78 is 5.11. The molecule has 1 aromatic rings. The summed E-state index contributed by atoms with van der Waals surface area (Å²) in [7, 11) is 3.62. The van der Waals surface area contributed by atoms with Crippen LogP contribution in [0.5, 0.6) is 5.75 Å². The van der Waals surface area contributed by atoms with Gasteiger partial charge >= 0.3 is 0 Å². The minimum atomic E-state index is -0.101. The van der Waals surface area contributed by atoms with Crippen molar-refractivity contribution in [3.63, 3.8) is 0 Å². The Kier molecular flexibility index (Phi) is 6.31. The van der Waals surface area contributed by atoms with E-state index in [2.05, 4.69) is 31.1 Å². The molecule has 0 fully saturated rings. The Morgan fingerprint density at radius 1 is 1.45 bits per heavy atom. The number of nitrogens with one attached hydrogen (secondary N) is 1. The molecule has 0 aliphatic heterocycles. The van der Waals surface area contributed by atoms with Crippen molar-refractivity contribution in [2.45, 2.75) is 26.3 Å². The van der Waals surface area contributed by atoms with Crippen LogP contribution < -0.4 is 15.8 Å². The first-order chi connectivity index (χ1) is 9.45. The number of carbonyl (C=O) groups excluding carboxylic acids is 1. The van der Waals surface area contributed by atoms with E-state index < -0.39 is 0 Å². The summed E-state index contributed by atoms with van der Waals surface area (Å²) in [6, 6.07) is 5.56. The van der Waals surface area contributed by atoms with Crippen molar-refractivity contribution >= 4 is 11.6 Å². The van der Waals surface area contributed by atoms with Crippen molar-refractivity contribution < 1.29 is 9.53 Å². The molecule has 0 aromatic heterocycles. The average Bonchev–Trinajstić information content (AvgIpc) is 2.43. The Balaban J connectivity index is 2.43. The molecule has 0 radical (unpaired) electrons. The van der Waals surface area contributed by atoms with Gasteiger partial charge in [-0.05, 0) is 52.1 Å². The molecule has 0 aliphatic rings. The molecule has 5 nitrogen and oxygen atoms in total. The first kappa shape index (κ1) is 16.3. The normalized spacial score (nSPS) is 10.9. The summed E-state index contributed by atoms with van der Waals surface area (Å²) >= 11 is 0. The number of methoxy groups -OCH3 is 1. The molecule has 0 atom stereocenters. The van der Waals surface area contributed by atoms with Gasteiger partial charge in [0.1, 0.15) is 5.75 Å². The third kappa shape index (κ3) is 4.74. The van der Waals surface area contributed by atoms with Crippen LogP contribution in [0.4, 0.5) is 5.69 Å². The minimum absolute atomic E-state index is 0.101. The summed E-state index contributed by atoms with van der Waals surface area (Å²) in [6.45, 7) is 5.92. The maximum Gasteiger partial charge on any atom is 0.251 e. The van der Waals surface area contributed by atoms with Crippen LogP contribution in [0.2, 0.25) is 0 Å². The Morgan fingerprint density at radius 3 is 2.75 bits per heavy atom. The van der Waals surface area contributed by atoms with Crippen LogP contribution in [0, 0.1) is 0 Å². The first-order valence-electron chi connectivity index (χ1n) is 6.87. The lowest BCUT2D eigenvalue weighted by molar-refractivity contribution is 0.0951. The molecular formula is C15H25N3O2. The lowest BCUT2D eigenvalue weighted by Gasteiger charge is -2.20. The third-order valence-corrected chi connectivity index (χ3v) is 3.35. The number of nitrogen functional groups attached to an aromatic ring is 1. The van der Waals surface area contributed by atoms with Crippen molar-refractivity contribution in [3.05, 3.63) is 23.8 Å². The number of ether oxygens (including phenoxy) is 1. The van der Waals surface area contributed by atoms with E-state index >= 15 is 0 Å². The molecule has 1 rings (SSSR count). The number of hydrogen-bond acceptors (Lipinski definition) is 4. The summed E-state index contributed by atoms with van der Waals surface area (Å²) in [4.78, 5) is 14.2. The topological polar surface area (TPSA) is 67.6 Å². The predicted molar refractivity (Wildman–Crippen MR) is 82.1 cm³/mol. The highest BCUT2D eigenvalue weighted by atomic mass is 16.5. The van der Waals surface area contributed by atoms with Crippen molar-refractivity contribution in [1.29, 1.82) is 0 Å². The lowest BCUT2D eigenvalue weighted by atomic mass is 10.1. The van der Waals surface area contributed by atoms with Gasteiger partial charge in [0.2, 0.25) is 0 Å². The Bertz CT molecular complexity index is 447. The molecule has 0 saturated carbocycles. The fourth-order valence-corrected chi connectivity index (χ4v) is 1.74. The second-order valence-electron chi connectivity index (χ2n) is 5.14. The van der Waals surface area contributed by atoms with Crippen LogP contribution in [0.3, 0.4) is 0 Å². The zero-order valence-electron chi connectivity index (χ0n) is 12.8. The molecule has 3 N–H and O–H groups in total. The maximum atomic E-state index is 12.0. The fourth-order valence-electron chi connectivity index (χ4n) is 1.74. The van der Waals surface area contributed by atoms with E-state index in [4.69, 9.17) is 10.5 Å². The second-order valence-corrected chi connectivity index (χ2v) is 5.14. The largest absolute Gasteiger partial charge is 0.495 e. The first-order valence-corrected chi connectivity index (χ1v) is 6.87. The van der Waals surface area contributed by atoms with E-state index in [-0.39, 0.29) is 5.91 Å². The standard InChI is InChI=1S/C15H25N3O2/c1-11(2)18(3)9-5-8-17-15(19)12-6-7-13(16)14(10-12)20-4/h6-7,10-11H,5,8-9,16H2,1-4H3,(H,17,19). The molecule has 112 valence electrons. The van der Waals surface area contributed by atoms with Gasteiger partial charge in [0, 0.05) is 18.2 Å². The summed E-state index contributed by atoms with van der Waals surface area (Å²) in [6.07, 6.45) is 0.923. The molecule has 0 spiro atoms. The van der Waals surface area contributed by atoms with E-state index in [0.717, 1.165) is 13.0 Å². The fraction of sp³-hybridized carbons (Fsp3) is 0.533. The third-order valence-electron chi connectivity index (χ3n) is 3.35. The Morgan fingerprint density at radius 2 is 2.15 bits per heavy atom. The SMILES string of the molecule is COc1cc(C(=O)NCCCN(C)C(C)C)ccc1N. The highest BCUT2D eigenvalue weighted by molar-refractivity contribution is 5.95. The molecular weight excluding hydrogens is 254 g/mol. The van der Waals surface area contributed by atoms with Gasteiger partial charge < -0.3 is 20.7 Å². The zero-order chi connectivity index (χ0) is 15.1. The van der Waals surface area contributed by atoms with Crippen molar-refractivity contribution in [2.75, 3.05) is 33.0 Å². The van der Waals surface area contributed by atoms with Crippen LogP contribution in [0.25, 0.3) is 0 Å². The Labute approximate surface area is 121 Å². The average molecular weight is 279 g/mol. The summed E-state index contributed by atoms with van der Waals surface area (Å²) in [5.74, 6) is 0.424. The highest BCUT2D eigenvalue weighted by Crippen LogP contribution is 2.21. The Hall–Kier alpha value is -1.75. The van der Waals surface area contributed by atoms with Gasteiger partial charge in [-0.3, -0.25) is 4.79 Å². The number of rotatable bonds is 7. The second kappa shape index (κ2) is 7.75. The maximum absolute atomic E-state index is 12.0.